The molecule has 0 bridgehead atoms. The van der Waals surface area contributed by atoms with Gasteiger partial charge in [-0.3, -0.25) is 4.79 Å². The van der Waals surface area contributed by atoms with Crippen LogP contribution in [0.3, 0.4) is 0 Å². The van der Waals surface area contributed by atoms with Gasteiger partial charge in [-0.25, -0.2) is 4.98 Å². The van der Waals surface area contributed by atoms with Crippen molar-refractivity contribution >= 4 is 78.9 Å². The van der Waals surface area contributed by atoms with Crippen LogP contribution in [0.15, 0.2) is 60.7 Å². The van der Waals surface area contributed by atoms with Crippen molar-refractivity contribution < 1.29 is 9.53 Å². The van der Waals surface area contributed by atoms with Crippen molar-refractivity contribution in [1.82, 2.24) is 4.98 Å². The summed E-state index contributed by atoms with van der Waals surface area (Å²) < 4.78 is 7.68. The third-order valence-electron chi connectivity index (χ3n) is 4.03. The number of halogens is 3. The number of nitrogens with zero attached hydrogens (tertiary/aromatic N) is 1. The van der Waals surface area contributed by atoms with Crippen LogP contribution >= 0.6 is 57.1 Å². The number of benzene rings is 3. The fourth-order valence-corrected chi connectivity index (χ4v) is 4.66. The number of para-hydroxylation sites is 1. The van der Waals surface area contributed by atoms with E-state index < -0.39 is 0 Å². The van der Waals surface area contributed by atoms with Gasteiger partial charge in [0.2, 0.25) is 0 Å². The fourth-order valence-electron chi connectivity index (χ4n) is 2.71. The highest BCUT2D eigenvalue weighted by molar-refractivity contribution is 14.1. The molecular formula is C21H13Cl2IN2O2S. The van der Waals surface area contributed by atoms with Crippen LogP contribution < -0.4 is 10.1 Å². The number of anilines is 1. The second-order valence-electron chi connectivity index (χ2n) is 6.09. The fraction of sp³-hybridized carbons (Fsp3) is 0.0476. The molecule has 1 heterocycles. The predicted molar refractivity (Wildman–Crippen MR) is 128 cm³/mol. The zero-order valence-electron chi connectivity index (χ0n) is 14.8. The first-order valence-corrected chi connectivity index (χ1v) is 11.2. The van der Waals surface area contributed by atoms with Gasteiger partial charge in [-0.15, -0.1) is 11.3 Å². The summed E-state index contributed by atoms with van der Waals surface area (Å²) in [6.07, 6.45) is 0. The van der Waals surface area contributed by atoms with E-state index in [-0.39, 0.29) is 12.5 Å². The van der Waals surface area contributed by atoms with E-state index >= 15 is 0 Å². The molecular weight excluding hydrogens is 542 g/mol. The number of carbonyl (C=O) groups excluding carboxylic acids is 1. The lowest BCUT2D eigenvalue weighted by Gasteiger charge is -2.12. The molecule has 0 radical (unpaired) electrons. The Balaban J connectivity index is 1.54. The number of aromatic nitrogens is 1. The number of carbonyl (C=O) groups is 1. The van der Waals surface area contributed by atoms with E-state index in [0.29, 0.717) is 21.5 Å². The molecule has 0 atom stereocenters. The monoisotopic (exact) mass is 554 g/mol. The molecule has 0 spiro atoms. The summed E-state index contributed by atoms with van der Waals surface area (Å²) in [7, 11) is 0. The summed E-state index contributed by atoms with van der Waals surface area (Å²) >= 11 is 15.8. The zero-order chi connectivity index (χ0) is 20.4. The molecule has 0 aliphatic carbocycles. The minimum Gasteiger partial charge on any atom is -0.482 e. The Morgan fingerprint density at radius 3 is 2.72 bits per heavy atom. The molecule has 0 fully saturated rings. The van der Waals surface area contributed by atoms with E-state index in [1.807, 2.05) is 42.5 Å². The Bertz CT molecular complexity index is 1180. The highest BCUT2D eigenvalue weighted by atomic mass is 127. The Morgan fingerprint density at radius 2 is 1.93 bits per heavy atom. The molecule has 146 valence electrons. The normalized spacial score (nSPS) is 10.9. The highest BCUT2D eigenvalue weighted by Gasteiger charge is 2.14. The third-order valence-corrected chi connectivity index (χ3v) is 6.30. The van der Waals surface area contributed by atoms with Crippen LogP contribution in [0.25, 0.3) is 20.8 Å². The maximum Gasteiger partial charge on any atom is 0.262 e. The van der Waals surface area contributed by atoms with Crippen molar-refractivity contribution in [3.8, 4) is 16.3 Å². The second kappa shape index (κ2) is 8.87. The van der Waals surface area contributed by atoms with Crippen molar-refractivity contribution in [3.05, 3.63) is 74.3 Å². The van der Waals surface area contributed by atoms with Crippen molar-refractivity contribution in [3.63, 3.8) is 0 Å². The minimum atomic E-state index is -0.292. The van der Waals surface area contributed by atoms with Gasteiger partial charge in [0.25, 0.3) is 5.91 Å². The maximum absolute atomic E-state index is 12.5. The predicted octanol–water partition coefficient (Wildman–Crippen LogP) is 6.89. The van der Waals surface area contributed by atoms with Gasteiger partial charge in [0.05, 0.1) is 20.9 Å². The number of amides is 1. The van der Waals surface area contributed by atoms with E-state index in [4.69, 9.17) is 32.9 Å². The molecule has 1 amide bonds. The molecule has 4 aromatic rings. The van der Waals surface area contributed by atoms with E-state index in [2.05, 4.69) is 27.9 Å². The van der Waals surface area contributed by atoms with Crippen LogP contribution in [0, 0.1) is 3.57 Å². The van der Waals surface area contributed by atoms with Crippen LogP contribution in [0.2, 0.25) is 10.0 Å². The molecule has 0 aliphatic rings. The second-order valence-corrected chi connectivity index (χ2v) is 9.21. The summed E-state index contributed by atoms with van der Waals surface area (Å²) in [5.74, 6) is 0.111. The van der Waals surface area contributed by atoms with Gasteiger partial charge < -0.3 is 10.1 Å². The summed E-state index contributed by atoms with van der Waals surface area (Å²) in [5.41, 5.74) is 2.49. The van der Waals surface area contributed by atoms with Crippen molar-refractivity contribution in [2.75, 3.05) is 11.9 Å². The van der Waals surface area contributed by atoms with Crippen LogP contribution in [-0.4, -0.2) is 17.5 Å². The smallest absolute Gasteiger partial charge is 0.262 e. The molecule has 0 saturated carbocycles. The average Bonchev–Trinajstić information content (AvgIpc) is 3.13. The quantitative estimate of drug-likeness (QED) is 0.273. The molecule has 3 aromatic carbocycles. The van der Waals surface area contributed by atoms with Gasteiger partial charge in [-0.2, -0.15) is 0 Å². The Kier molecular flexibility index (Phi) is 6.24. The zero-order valence-corrected chi connectivity index (χ0v) is 19.3. The molecule has 0 saturated heterocycles. The van der Waals surface area contributed by atoms with E-state index in [1.54, 1.807) is 29.5 Å². The van der Waals surface area contributed by atoms with Crippen molar-refractivity contribution in [2.45, 2.75) is 0 Å². The summed E-state index contributed by atoms with van der Waals surface area (Å²) in [5, 5.41) is 4.62. The summed E-state index contributed by atoms with van der Waals surface area (Å²) in [4.78, 5) is 17.2. The SMILES string of the molecule is O=C(COc1ccc(Cl)cc1Cl)Nc1ccc(I)cc1-c1nc2ccccc2s1. The number of hydrogen-bond acceptors (Lipinski definition) is 4. The van der Waals surface area contributed by atoms with Crippen LogP contribution in [-0.2, 0) is 4.79 Å². The van der Waals surface area contributed by atoms with Crippen LogP contribution in [0.1, 0.15) is 0 Å². The Labute approximate surface area is 195 Å². The van der Waals surface area contributed by atoms with Crippen LogP contribution in [0.5, 0.6) is 5.75 Å². The first kappa shape index (κ1) is 20.4. The molecule has 1 aromatic heterocycles. The van der Waals surface area contributed by atoms with E-state index in [0.717, 1.165) is 24.4 Å². The number of hydrogen-bond donors (Lipinski definition) is 1. The van der Waals surface area contributed by atoms with Gasteiger partial charge in [0.15, 0.2) is 6.61 Å². The van der Waals surface area contributed by atoms with Gasteiger partial charge in [0.1, 0.15) is 10.8 Å². The lowest BCUT2D eigenvalue weighted by atomic mass is 10.2. The van der Waals surface area contributed by atoms with E-state index in [9.17, 15) is 4.79 Å². The number of fused-ring (bicyclic) bond motifs is 1. The number of thiazole rings is 1. The topological polar surface area (TPSA) is 51.2 Å². The van der Waals surface area contributed by atoms with Crippen molar-refractivity contribution in [1.29, 1.82) is 0 Å². The molecule has 1 N–H and O–H groups in total. The number of rotatable bonds is 5. The van der Waals surface area contributed by atoms with E-state index in [1.165, 1.54) is 0 Å². The Hall–Kier alpha value is -1.87. The molecule has 4 nitrogen and oxygen atoms in total. The van der Waals surface area contributed by atoms with Gasteiger partial charge in [-0.1, -0.05) is 35.3 Å². The van der Waals surface area contributed by atoms with Gasteiger partial charge >= 0.3 is 0 Å². The molecule has 4 rings (SSSR count). The van der Waals surface area contributed by atoms with Crippen molar-refractivity contribution in [2.24, 2.45) is 0 Å². The molecule has 0 aliphatic heterocycles. The standard InChI is InChI=1S/C21H13Cl2IN2O2S/c22-12-5-8-18(15(23)9-12)28-11-20(27)25-16-7-6-13(24)10-14(16)21-26-17-3-1-2-4-19(17)29-21/h1-10H,11H2,(H,25,27). The van der Waals surface area contributed by atoms with Gasteiger partial charge in [-0.05, 0) is 71.1 Å². The number of ether oxygens (including phenoxy) is 1. The lowest BCUT2D eigenvalue weighted by molar-refractivity contribution is -0.118. The first-order valence-electron chi connectivity index (χ1n) is 8.53. The first-order chi connectivity index (χ1) is 14.0. The highest BCUT2D eigenvalue weighted by Crippen LogP contribution is 2.35. The Morgan fingerprint density at radius 1 is 1.10 bits per heavy atom. The largest absolute Gasteiger partial charge is 0.482 e. The minimum absolute atomic E-state index is 0.174. The average molecular weight is 555 g/mol. The number of nitrogens with one attached hydrogen (secondary N) is 1. The molecule has 29 heavy (non-hydrogen) atoms. The molecule has 8 heteroatoms. The lowest BCUT2D eigenvalue weighted by Crippen LogP contribution is -2.20. The summed E-state index contributed by atoms with van der Waals surface area (Å²) in [6, 6.07) is 18.6. The molecule has 0 unspecified atom stereocenters. The maximum atomic E-state index is 12.5. The third kappa shape index (κ3) is 4.83. The van der Waals surface area contributed by atoms with Crippen LogP contribution in [0.4, 0.5) is 5.69 Å². The van der Waals surface area contributed by atoms with Gasteiger partial charge in [0, 0.05) is 14.2 Å². The summed E-state index contributed by atoms with van der Waals surface area (Å²) in [6.45, 7) is -0.174.